The van der Waals surface area contributed by atoms with Crippen LogP contribution in [-0.4, -0.2) is 12.5 Å². The van der Waals surface area contributed by atoms with E-state index in [1.165, 1.54) is 0 Å². The molecule has 4 heteroatoms. The van der Waals surface area contributed by atoms with Gasteiger partial charge >= 0.3 is 0 Å². The first-order chi connectivity index (χ1) is 7.60. The number of carbonyl (C=O) groups is 1. The van der Waals surface area contributed by atoms with Crippen LogP contribution in [0.15, 0.2) is 11.1 Å². The third-order valence-electron chi connectivity index (χ3n) is 3.05. The van der Waals surface area contributed by atoms with Crippen LogP contribution in [0.2, 0.25) is 0 Å². The molecule has 0 atom stereocenters. The molecular formula is C12H17BrN2O. The summed E-state index contributed by atoms with van der Waals surface area (Å²) in [7, 11) is 0. The van der Waals surface area contributed by atoms with E-state index < -0.39 is 5.41 Å². The van der Waals surface area contributed by atoms with Crippen molar-refractivity contribution in [3.63, 3.8) is 0 Å². The van der Waals surface area contributed by atoms with Gasteiger partial charge in [-0.1, -0.05) is 48.2 Å². The summed E-state index contributed by atoms with van der Waals surface area (Å²) >= 11 is 3.19. The molecule has 0 heterocycles. The largest absolute Gasteiger partial charge is 0.350 e. The molecule has 16 heavy (non-hydrogen) atoms. The number of nitriles is 1. The Kier molecular flexibility index (Phi) is 5.01. The Balaban J connectivity index is 2.67. The topological polar surface area (TPSA) is 52.9 Å². The monoisotopic (exact) mass is 284 g/mol. The van der Waals surface area contributed by atoms with E-state index in [0.717, 1.165) is 30.2 Å². The average Bonchev–Trinajstić information content (AvgIpc) is 2.51. The molecule has 0 aliphatic heterocycles. The van der Waals surface area contributed by atoms with E-state index in [4.69, 9.17) is 0 Å². The Morgan fingerprint density at radius 1 is 1.38 bits per heavy atom. The molecule has 0 saturated heterocycles. The lowest BCUT2D eigenvalue weighted by Crippen LogP contribution is -2.40. The molecular weight excluding hydrogens is 268 g/mol. The summed E-state index contributed by atoms with van der Waals surface area (Å²) in [5.41, 5.74) is -0.807. The third-order valence-corrected chi connectivity index (χ3v) is 3.33. The maximum atomic E-state index is 12.0. The van der Waals surface area contributed by atoms with Crippen molar-refractivity contribution in [3.05, 3.63) is 11.1 Å². The second kappa shape index (κ2) is 6.05. The third kappa shape index (κ3) is 3.34. The van der Waals surface area contributed by atoms with Crippen molar-refractivity contribution in [3.8, 4) is 6.07 Å². The summed E-state index contributed by atoms with van der Waals surface area (Å²) in [5.74, 6) is -0.141. The van der Waals surface area contributed by atoms with Crippen LogP contribution in [0.1, 0.15) is 38.5 Å². The molecule has 1 rings (SSSR count). The Hall–Kier alpha value is -0.820. The Labute approximate surface area is 105 Å². The first-order valence-corrected chi connectivity index (χ1v) is 6.43. The molecule has 88 valence electrons. The minimum Gasteiger partial charge on any atom is -0.350 e. The molecule has 0 aromatic carbocycles. The van der Waals surface area contributed by atoms with Gasteiger partial charge in [0, 0.05) is 11.0 Å². The van der Waals surface area contributed by atoms with Crippen LogP contribution in [-0.2, 0) is 4.79 Å². The lowest BCUT2D eigenvalue weighted by Gasteiger charge is -2.23. The lowest BCUT2D eigenvalue weighted by molar-refractivity contribution is -0.128. The molecule has 0 spiro atoms. The van der Waals surface area contributed by atoms with Crippen molar-refractivity contribution in [1.29, 1.82) is 5.26 Å². The normalized spacial score (nSPS) is 19.2. The van der Waals surface area contributed by atoms with Gasteiger partial charge in [0.2, 0.25) is 5.91 Å². The first-order valence-electron chi connectivity index (χ1n) is 5.63. The summed E-state index contributed by atoms with van der Waals surface area (Å²) in [6, 6.07) is 2.22. The molecule has 1 aliphatic carbocycles. The van der Waals surface area contributed by atoms with Crippen LogP contribution in [0.25, 0.3) is 0 Å². The van der Waals surface area contributed by atoms with Gasteiger partial charge in [0.15, 0.2) is 0 Å². The van der Waals surface area contributed by atoms with Gasteiger partial charge in [-0.2, -0.15) is 5.26 Å². The van der Waals surface area contributed by atoms with Crippen LogP contribution in [0.4, 0.5) is 0 Å². The van der Waals surface area contributed by atoms with Crippen molar-refractivity contribution in [2.75, 3.05) is 6.54 Å². The van der Waals surface area contributed by atoms with Gasteiger partial charge in [0.05, 0.1) is 6.07 Å². The summed E-state index contributed by atoms with van der Waals surface area (Å²) in [6.45, 7) is 4.05. The Bertz CT molecular complexity index is 311. The smallest absolute Gasteiger partial charge is 0.240 e. The highest BCUT2D eigenvalue weighted by atomic mass is 79.9. The van der Waals surface area contributed by atoms with Crippen LogP contribution in [0.5, 0.6) is 0 Å². The summed E-state index contributed by atoms with van der Waals surface area (Å²) < 4.78 is 0.725. The van der Waals surface area contributed by atoms with E-state index in [2.05, 4.69) is 33.9 Å². The van der Waals surface area contributed by atoms with Gasteiger partial charge in [-0.15, -0.1) is 0 Å². The van der Waals surface area contributed by atoms with Crippen LogP contribution in [0, 0.1) is 16.7 Å². The van der Waals surface area contributed by atoms with Crippen LogP contribution in [0.3, 0.4) is 0 Å². The Morgan fingerprint density at radius 3 is 2.38 bits per heavy atom. The van der Waals surface area contributed by atoms with Crippen molar-refractivity contribution < 1.29 is 4.79 Å². The number of amides is 1. The fourth-order valence-corrected chi connectivity index (χ4v) is 2.21. The number of hydrogen-bond acceptors (Lipinski definition) is 2. The van der Waals surface area contributed by atoms with Gasteiger partial charge in [0.25, 0.3) is 0 Å². The maximum absolute atomic E-state index is 12.0. The van der Waals surface area contributed by atoms with Crippen molar-refractivity contribution in [2.24, 2.45) is 5.41 Å². The fraction of sp³-hybridized carbons (Fsp3) is 0.667. The molecule has 0 unspecified atom stereocenters. The zero-order valence-electron chi connectivity index (χ0n) is 9.39. The molecule has 0 aromatic rings. The average molecular weight is 285 g/mol. The maximum Gasteiger partial charge on any atom is 0.240 e. The highest BCUT2D eigenvalue weighted by Gasteiger charge is 2.38. The predicted octanol–water partition coefficient (Wildman–Crippen LogP) is 2.88. The van der Waals surface area contributed by atoms with Crippen molar-refractivity contribution in [1.82, 2.24) is 5.32 Å². The predicted molar refractivity (Wildman–Crippen MR) is 66.8 cm³/mol. The van der Waals surface area contributed by atoms with E-state index >= 15 is 0 Å². The first kappa shape index (κ1) is 13.2. The molecule has 3 nitrogen and oxygen atoms in total. The molecule has 1 aliphatic rings. The molecule has 1 amide bonds. The quantitative estimate of drug-likeness (QED) is 0.811. The van der Waals surface area contributed by atoms with Gasteiger partial charge in [0.1, 0.15) is 5.41 Å². The zero-order chi connectivity index (χ0) is 12.0. The number of rotatable bonds is 3. The van der Waals surface area contributed by atoms with E-state index in [-0.39, 0.29) is 5.91 Å². The van der Waals surface area contributed by atoms with Gasteiger partial charge in [-0.25, -0.2) is 0 Å². The van der Waals surface area contributed by atoms with Crippen LogP contribution >= 0.6 is 15.9 Å². The summed E-state index contributed by atoms with van der Waals surface area (Å²) in [4.78, 5) is 12.0. The molecule has 1 fully saturated rings. The summed E-state index contributed by atoms with van der Waals surface area (Å²) in [5, 5.41) is 12.0. The highest BCUT2D eigenvalue weighted by molar-refractivity contribution is 9.11. The highest BCUT2D eigenvalue weighted by Crippen LogP contribution is 2.34. The van der Waals surface area contributed by atoms with Crippen molar-refractivity contribution >= 4 is 21.8 Å². The van der Waals surface area contributed by atoms with Crippen molar-refractivity contribution in [2.45, 2.75) is 38.5 Å². The molecule has 0 bridgehead atoms. The number of nitrogens with one attached hydrogen (secondary N) is 1. The zero-order valence-corrected chi connectivity index (χ0v) is 11.0. The molecule has 1 saturated carbocycles. The SMILES string of the molecule is C=C(Br)CNC(=O)C1(C#N)CCCCCC1. The van der Waals surface area contributed by atoms with E-state index in [0.29, 0.717) is 19.4 Å². The van der Waals surface area contributed by atoms with Gasteiger partial charge < -0.3 is 5.32 Å². The van der Waals surface area contributed by atoms with E-state index in [1.54, 1.807) is 0 Å². The minimum atomic E-state index is -0.807. The second-order valence-electron chi connectivity index (χ2n) is 4.31. The van der Waals surface area contributed by atoms with Gasteiger partial charge in [-0.05, 0) is 12.8 Å². The standard InChI is InChI=1S/C12H17BrN2O/c1-10(13)8-15-11(16)12(9-14)6-4-2-3-5-7-12/h1-8H2,(H,15,16). The molecule has 1 N–H and O–H groups in total. The number of carbonyl (C=O) groups excluding carboxylic acids is 1. The Morgan fingerprint density at radius 2 is 1.94 bits per heavy atom. The summed E-state index contributed by atoms with van der Waals surface area (Å²) in [6.07, 6.45) is 5.56. The number of hydrogen-bond donors (Lipinski definition) is 1. The molecule has 0 aromatic heterocycles. The number of nitrogens with zero attached hydrogens (tertiary/aromatic N) is 1. The fourth-order valence-electron chi connectivity index (χ4n) is 2.07. The van der Waals surface area contributed by atoms with E-state index in [1.807, 2.05) is 0 Å². The molecule has 0 radical (unpaired) electrons. The number of halogens is 1. The van der Waals surface area contributed by atoms with E-state index in [9.17, 15) is 10.1 Å². The van der Waals surface area contributed by atoms with Crippen LogP contribution < -0.4 is 5.32 Å². The van der Waals surface area contributed by atoms with Gasteiger partial charge in [-0.3, -0.25) is 4.79 Å². The second-order valence-corrected chi connectivity index (χ2v) is 5.43. The minimum absolute atomic E-state index is 0.141. The lowest BCUT2D eigenvalue weighted by atomic mass is 9.81.